The predicted octanol–water partition coefficient (Wildman–Crippen LogP) is 4.27. The maximum absolute atomic E-state index is 13.1. The lowest BCUT2D eigenvalue weighted by molar-refractivity contribution is -0.129. The smallest absolute Gasteiger partial charge is 0.290 e. The summed E-state index contributed by atoms with van der Waals surface area (Å²) in [4.78, 5) is 27.5. The molecule has 2 aromatic carbocycles. The van der Waals surface area contributed by atoms with E-state index >= 15 is 0 Å². The van der Waals surface area contributed by atoms with Gasteiger partial charge in [0.2, 0.25) is 0 Å². The second-order valence-corrected chi connectivity index (χ2v) is 7.29. The second kappa shape index (κ2) is 11.1. The van der Waals surface area contributed by atoms with Crippen molar-refractivity contribution in [2.75, 3.05) is 26.9 Å². The van der Waals surface area contributed by atoms with Crippen LogP contribution in [0.5, 0.6) is 5.75 Å². The second-order valence-electron chi connectivity index (χ2n) is 7.29. The largest absolute Gasteiger partial charge is 0.503 e. The topological polar surface area (TPSA) is 76.1 Å². The minimum atomic E-state index is -0.723. The summed E-state index contributed by atoms with van der Waals surface area (Å²) in [6.07, 6.45) is 5.26. The summed E-state index contributed by atoms with van der Waals surface area (Å²) in [5.41, 5.74) is 1.58. The number of allylic oxidation sites excluding steroid dienone is 1. The number of rotatable bonds is 11. The van der Waals surface area contributed by atoms with E-state index in [1.165, 1.54) is 11.0 Å². The number of aliphatic hydroxyl groups excluding tert-OH is 1. The van der Waals surface area contributed by atoms with Gasteiger partial charge < -0.3 is 19.5 Å². The Balaban J connectivity index is 1.96. The molecule has 1 N–H and O–H groups in total. The predicted molar refractivity (Wildman–Crippen MR) is 123 cm³/mol. The van der Waals surface area contributed by atoms with Gasteiger partial charge in [0.25, 0.3) is 5.91 Å². The maximum atomic E-state index is 13.1. The Bertz CT molecular complexity index is 1030. The summed E-state index contributed by atoms with van der Waals surface area (Å²) in [6.45, 7) is 4.77. The summed E-state index contributed by atoms with van der Waals surface area (Å²) in [5.74, 6) is -0.923. The number of carbonyl (C=O) groups is 2. The number of hydrogen-bond acceptors (Lipinski definition) is 5. The fourth-order valence-electron chi connectivity index (χ4n) is 3.62. The molecule has 1 amide bonds. The van der Waals surface area contributed by atoms with Gasteiger partial charge in [-0.15, -0.1) is 0 Å². The number of nitrogens with zero attached hydrogens (tertiary/aromatic N) is 1. The van der Waals surface area contributed by atoms with E-state index in [1.807, 2.05) is 36.4 Å². The van der Waals surface area contributed by atoms with Crippen LogP contribution in [0.15, 0.2) is 84.7 Å². The number of amides is 1. The zero-order valence-corrected chi connectivity index (χ0v) is 18.1. The van der Waals surface area contributed by atoms with Crippen molar-refractivity contribution in [1.29, 1.82) is 0 Å². The van der Waals surface area contributed by atoms with Crippen LogP contribution in [-0.2, 0) is 14.3 Å². The van der Waals surface area contributed by atoms with Crippen LogP contribution in [0, 0.1) is 0 Å². The monoisotopic (exact) mass is 433 g/mol. The molecule has 166 valence electrons. The van der Waals surface area contributed by atoms with E-state index in [1.54, 1.807) is 37.5 Å². The molecule has 0 spiro atoms. The number of methoxy groups -OCH3 is 1. The summed E-state index contributed by atoms with van der Waals surface area (Å²) < 4.78 is 10.7. The Morgan fingerprint density at radius 2 is 1.97 bits per heavy atom. The molecule has 32 heavy (non-hydrogen) atoms. The number of aliphatic hydroxyl groups is 1. The van der Waals surface area contributed by atoms with E-state index in [9.17, 15) is 14.7 Å². The van der Waals surface area contributed by atoms with Crippen LogP contribution in [0.2, 0.25) is 0 Å². The third-order valence-corrected chi connectivity index (χ3v) is 5.09. The van der Waals surface area contributed by atoms with Gasteiger partial charge in [-0.25, -0.2) is 0 Å². The van der Waals surface area contributed by atoms with Gasteiger partial charge in [0, 0.05) is 20.3 Å². The average molecular weight is 434 g/mol. The van der Waals surface area contributed by atoms with Crippen molar-refractivity contribution >= 4 is 17.8 Å². The molecule has 0 aliphatic carbocycles. The Labute approximate surface area is 188 Å². The Hall–Kier alpha value is -3.64. The van der Waals surface area contributed by atoms with E-state index in [4.69, 9.17) is 9.47 Å². The first-order valence-corrected chi connectivity index (χ1v) is 10.4. The molecule has 1 unspecified atom stereocenters. The number of carbonyl (C=O) groups excluding carboxylic acids is 2. The number of ketones is 1. The summed E-state index contributed by atoms with van der Waals surface area (Å²) in [7, 11) is 1.59. The lowest BCUT2D eigenvalue weighted by Crippen LogP contribution is -2.32. The van der Waals surface area contributed by atoms with Crippen molar-refractivity contribution < 1.29 is 24.2 Å². The first kappa shape index (κ1) is 23.0. The molecule has 2 aromatic rings. The molecular weight excluding hydrogens is 406 g/mol. The molecule has 0 aromatic heterocycles. The van der Waals surface area contributed by atoms with Gasteiger partial charge in [-0.05, 0) is 35.8 Å². The van der Waals surface area contributed by atoms with Crippen LogP contribution in [-0.4, -0.2) is 48.6 Å². The molecule has 0 bridgehead atoms. The van der Waals surface area contributed by atoms with Gasteiger partial charge in [-0.1, -0.05) is 61.2 Å². The fraction of sp³-hybridized carbons (Fsp3) is 0.231. The van der Waals surface area contributed by atoms with Crippen LogP contribution in [0.1, 0.15) is 23.6 Å². The fourth-order valence-corrected chi connectivity index (χ4v) is 3.62. The van der Waals surface area contributed by atoms with Crippen LogP contribution >= 0.6 is 0 Å². The molecule has 0 radical (unpaired) electrons. The average Bonchev–Trinajstić information content (AvgIpc) is 3.07. The van der Waals surface area contributed by atoms with Crippen molar-refractivity contribution in [1.82, 2.24) is 4.90 Å². The molecule has 0 saturated heterocycles. The highest BCUT2D eigenvalue weighted by Gasteiger charge is 2.42. The van der Waals surface area contributed by atoms with Crippen LogP contribution < -0.4 is 4.74 Å². The van der Waals surface area contributed by atoms with Crippen LogP contribution in [0.25, 0.3) is 6.08 Å². The number of ether oxygens (including phenoxy) is 2. The highest BCUT2D eigenvalue weighted by molar-refractivity contribution is 6.14. The van der Waals surface area contributed by atoms with Crippen molar-refractivity contribution in [2.45, 2.75) is 12.5 Å². The zero-order valence-electron chi connectivity index (χ0n) is 18.1. The van der Waals surface area contributed by atoms with E-state index in [-0.39, 0.29) is 5.57 Å². The Morgan fingerprint density at radius 1 is 1.19 bits per heavy atom. The molecule has 1 aliphatic heterocycles. The maximum Gasteiger partial charge on any atom is 0.290 e. The molecule has 1 aliphatic rings. The molecule has 6 nitrogen and oxygen atoms in total. The van der Waals surface area contributed by atoms with Gasteiger partial charge >= 0.3 is 0 Å². The third kappa shape index (κ3) is 5.34. The minimum Gasteiger partial charge on any atom is -0.503 e. The lowest BCUT2D eigenvalue weighted by atomic mass is 9.95. The minimum absolute atomic E-state index is 0.0560. The summed E-state index contributed by atoms with van der Waals surface area (Å²) in [5, 5.41) is 10.7. The van der Waals surface area contributed by atoms with E-state index in [2.05, 4.69) is 6.58 Å². The Morgan fingerprint density at radius 3 is 2.69 bits per heavy atom. The van der Waals surface area contributed by atoms with Crippen LogP contribution in [0.4, 0.5) is 0 Å². The lowest BCUT2D eigenvalue weighted by Gasteiger charge is -2.27. The van der Waals surface area contributed by atoms with E-state index in [0.29, 0.717) is 37.5 Å². The van der Waals surface area contributed by atoms with Gasteiger partial charge in [0.1, 0.15) is 12.4 Å². The summed E-state index contributed by atoms with van der Waals surface area (Å²) >= 11 is 0. The van der Waals surface area contributed by atoms with Gasteiger partial charge in [-0.3, -0.25) is 9.59 Å². The van der Waals surface area contributed by atoms with E-state index < -0.39 is 23.5 Å². The number of benzene rings is 2. The van der Waals surface area contributed by atoms with Gasteiger partial charge in [0.05, 0.1) is 11.6 Å². The molecule has 1 heterocycles. The van der Waals surface area contributed by atoms with Gasteiger partial charge in [-0.2, -0.15) is 0 Å². The van der Waals surface area contributed by atoms with Gasteiger partial charge in [0.15, 0.2) is 11.5 Å². The molecule has 6 heteroatoms. The highest BCUT2D eigenvalue weighted by atomic mass is 16.5. The van der Waals surface area contributed by atoms with Crippen molar-refractivity contribution in [3.8, 4) is 5.75 Å². The van der Waals surface area contributed by atoms with Crippen molar-refractivity contribution in [3.05, 3.63) is 95.8 Å². The molecule has 0 fully saturated rings. The van der Waals surface area contributed by atoms with Crippen molar-refractivity contribution in [3.63, 3.8) is 0 Å². The van der Waals surface area contributed by atoms with E-state index in [0.717, 1.165) is 5.56 Å². The summed E-state index contributed by atoms with van der Waals surface area (Å²) in [6, 6.07) is 15.8. The quantitative estimate of drug-likeness (QED) is 0.325. The molecule has 1 atom stereocenters. The first-order valence-electron chi connectivity index (χ1n) is 10.4. The number of hydrogen-bond donors (Lipinski definition) is 1. The third-order valence-electron chi connectivity index (χ3n) is 5.09. The molecule has 3 rings (SSSR count). The molecule has 0 saturated carbocycles. The SMILES string of the molecule is C=CCOc1cccc(C2C(C(=O)/C=C/c3ccccc3)=C(O)C(=O)N2CCCOC)c1. The molecular formula is C26H27NO5. The normalized spacial score (nSPS) is 16.1. The van der Waals surface area contributed by atoms with Crippen LogP contribution in [0.3, 0.4) is 0 Å². The highest BCUT2D eigenvalue weighted by Crippen LogP contribution is 2.39. The Kier molecular flexibility index (Phi) is 8.00. The zero-order chi connectivity index (χ0) is 22.9. The van der Waals surface area contributed by atoms with Crippen molar-refractivity contribution in [2.24, 2.45) is 0 Å². The first-order chi connectivity index (χ1) is 15.6. The standard InChI is InChI=1S/C26H27NO5/c1-3-16-32-21-12-7-11-20(18-21)24-23(22(28)14-13-19-9-5-4-6-10-19)25(29)26(30)27(24)15-8-17-31-2/h3-7,9-14,18,24,29H,1,8,15-17H2,2H3/b14-13+.